The Labute approximate surface area is 113 Å². The summed E-state index contributed by atoms with van der Waals surface area (Å²) in [6.45, 7) is 8.04. The van der Waals surface area contributed by atoms with E-state index in [0.29, 0.717) is 11.7 Å². The second-order valence-corrected chi connectivity index (χ2v) is 5.93. The molecule has 2 rings (SSSR count). The van der Waals surface area contributed by atoms with Crippen molar-refractivity contribution in [2.75, 3.05) is 18.0 Å². The maximum absolute atomic E-state index is 14.2. The molecular formula is C14H20ClFN2. The van der Waals surface area contributed by atoms with E-state index in [0.717, 1.165) is 19.5 Å². The SMILES string of the molecule is CCC1CNC(C)(C)CN1c1cccc(Cl)c1F. The lowest BCUT2D eigenvalue weighted by molar-refractivity contribution is 0.304. The van der Waals surface area contributed by atoms with Crippen LogP contribution in [0, 0.1) is 5.82 Å². The lowest BCUT2D eigenvalue weighted by Gasteiger charge is -2.45. The molecule has 1 fully saturated rings. The lowest BCUT2D eigenvalue weighted by atomic mass is 9.97. The maximum atomic E-state index is 14.2. The molecule has 0 amide bonds. The zero-order chi connectivity index (χ0) is 13.3. The van der Waals surface area contributed by atoms with Crippen molar-refractivity contribution in [3.8, 4) is 0 Å². The first-order valence-corrected chi connectivity index (χ1v) is 6.78. The van der Waals surface area contributed by atoms with Crippen LogP contribution in [0.15, 0.2) is 18.2 Å². The van der Waals surface area contributed by atoms with Crippen molar-refractivity contribution in [1.82, 2.24) is 5.32 Å². The van der Waals surface area contributed by atoms with Crippen molar-refractivity contribution in [3.05, 3.63) is 29.0 Å². The number of nitrogens with zero attached hydrogens (tertiary/aromatic N) is 1. The predicted molar refractivity (Wildman–Crippen MR) is 74.9 cm³/mol. The molecule has 18 heavy (non-hydrogen) atoms. The third kappa shape index (κ3) is 2.62. The van der Waals surface area contributed by atoms with Gasteiger partial charge in [-0.15, -0.1) is 0 Å². The number of rotatable bonds is 2. The summed E-state index contributed by atoms with van der Waals surface area (Å²) in [5.41, 5.74) is 0.601. The van der Waals surface area contributed by atoms with Gasteiger partial charge in [-0.3, -0.25) is 0 Å². The molecule has 1 unspecified atom stereocenters. The minimum Gasteiger partial charge on any atom is -0.363 e. The van der Waals surface area contributed by atoms with Crippen LogP contribution in [0.3, 0.4) is 0 Å². The standard InChI is InChI=1S/C14H20ClFN2/c1-4-10-8-17-14(2,3)9-18(10)12-7-5-6-11(15)13(12)16/h5-7,10,17H,4,8-9H2,1-3H3. The van der Waals surface area contributed by atoms with E-state index in [1.54, 1.807) is 6.07 Å². The molecule has 4 heteroatoms. The van der Waals surface area contributed by atoms with Crippen LogP contribution in [-0.4, -0.2) is 24.7 Å². The highest BCUT2D eigenvalue weighted by Gasteiger charge is 2.33. The van der Waals surface area contributed by atoms with Crippen molar-refractivity contribution in [1.29, 1.82) is 0 Å². The second-order valence-electron chi connectivity index (χ2n) is 5.53. The molecule has 1 heterocycles. The summed E-state index contributed by atoms with van der Waals surface area (Å²) in [5.74, 6) is -0.310. The van der Waals surface area contributed by atoms with E-state index in [4.69, 9.17) is 11.6 Å². The van der Waals surface area contributed by atoms with Crippen LogP contribution >= 0.6 is 11.6 Å². The van der Waals surface area contributed by atoms with Crippen LogP contribution in [0.5, 0.6) is 0 Å². The second kappa shape index (κ2) is 5.06. The molecule has 1 N–H and O–H groups in total. The monoisotopic (exact) mass is 270 g/mol. The average molecular weight is 271 g/mol. The Hall–Kier alpha value is -0.800. The largest absolute Gasteiger partial charge is 0.363 e. The Kier molecular flexibility index (Phi) is 3.83. The first-order chi connectivity index (χ1) is 8.44. The van der Waals surface area contributed by atoms with Crippen molar-refractivity contribution in [3.63, 3.8) is 0 Å². The normalized spacial score (nSPS) is 23.2. The summed E-state index contributed by atoms with van der Waals surface area (Å²) in [4.78, 5) is 2.14. The van der Waals surface area contributed by atoms with Gasteiger partial charge in [0.15, 0.2) is 5.82 Å². The third-order valence-electron chi connectivity index (χ3n) is 3.53. The van der Waals surface area contributed by atoms with Gasteiger partial charge < -0.3 is 10.2 Å². The van der Waals surface area contributed by atoms with Crippen molar-refractivity contribution in [2.45, 2.75) is 38.8 Å². The number of benzene rings is 1. The highest BCUT2D eigenvalue weighted by atomic mass is 35.5. The summed E-state index contributed by atoms with van der Waals surface area (Å²) >= 11 is 5.88. The van der Waals surface area contributed by atoms with E-state index in [2.05, 4.69) is 31.0 Å². The van der Waals surface area contributed by atoms with Gasteiger partial charge in [-0.05, 0) is 32.4 Å². The van der Waals surface area contributed by atoms with Crippen molar-refractivity contribution >= 4 is 17.3 Å². The molecule has 1 aliphatic heterocycles. The average Bonchev–Trinajstić information content (AvgIpc) is 2.32. The van der Waals surface area contributed by atoms with Crippen LogP contribution in [0.1, 0.15) is 27.2 Å². The Morgan fingerprint density at radius 1 is 1.50 bits per heavy atom. The molecule has 0 saturated carbocycles. The minimum absolute atomic E-state index is 0.0135. The number of piperazine rings is 1. The predicted octanol–water partition coefficient (Wildman–Crippen LogP) is 3.45. The van der Waals surface area contributed by atoms with Gasteiger partial charge in [-0.2, -0.15) is 0 Å². The van der Waals surface area contributed by atoms with Gasteiger partial charge in [-0.25, -0.2) is 4.39 Å². The van der Waals surface area contributed by atoms with Crippen LogP contribution in [0.4, 0.5) is 10.1 Å². The fourth-order valence-corrected chi connectivity index (χ4v) is 2.65. The highest BCUT2D eigenvalue weighted by molar-refractivity contribution is 6.31. The van der Waals surface area contributed by atoms with Gasteiger partial charge in [0, 0.05) is 24.7 Å². The summed E-state index contributed by atoms with van der Waals surface area (Å²) < 4.78 is 14.2. The zero-order valence-electron chi connectivity index (χ0n) is 11.1. The molecule has 2 nitrogen and oxygen atoms in total. The van der Waals surface area contributed by atoms with E-state index in [9.17, 15) is 4.39 Å². The van der Waals surface area contributed by atoms with Gasteiger partial charge in [0.25, 0.3) is 0 Å². The van der Waals surface area contributed by atoms with Crippen LogP contribution < -0.4 is 10.2 Å². The Bertz CT molecular complexity index is 434. The van der Waals surface area contributed by atoms with Crippen molar-refractivity contribution < 1.29 is 4.39 Å². The molecule has 0 spiro atoms. The molecule has 0 aliphatic carbocycles. The molecule has 1 aromatic carbocycles. The highest BCUT2D eigenvalue weighted by Crippen LogP contribution is 2.30. The smallest absolute Gasteiger partial charge is 0.165 e. The molecule has 1 aromatic rings. The van der Waals surface area contributed by atoms with Gasteiger partial charge in [0.2, 0.25) is 0 Å². The van der Waals surface area contributed by atoms with Crippen LogP contribution in [0.25, 0.3) is 0 Å². The minimum atomic E-state index is -0.310. The summed E-state index contributed by atoms with van der Waals surface area (Å²) in [6, 6.07) is 5.52. The molecule has 0 aromatic heterocycles. The number of hydrogen-bond donors (Lipinski definition) is 1. The number of anilines is 1. The van der Waals surface area contributed by atoms with Gasteiger partial charge in [0.1, 0.15) is 0 Å². The molecule has 1 saturated heterocycles. The van der Waals surface area contributed by atoms with E-state index in [-0.39, 0.29) is 16.4 Å². The summed E-state index contributed by atoms with van der Waals surface area (Å²) in [5, 5.41) is 3.69. The maximum Gasteiger partial charge on any atom is 0.165 e. The fraction of sp³-hybridized carbons (Fsp3) is 0.571. The van der Waals surface area contributed by atoms with Crippen molar-refractivity contribution in [2.24, 2.45) is 0 Å². The summed E-state index contributed by atoms with van der Waals surface area (Å²) in [6.07, 6.45) is 0.981. The van der Waals surface area contributed by atoms with E-state index >= 15 is 0 Å². The Balaban J connectivity index is 2.36. The molecule has 1 atom stereocenters. The topological polar surface area (TPSA) is 15.3 Å². The fourth-order valence-electron chi connectivity index (χ4n) is 2.48. The molecule has 0 bridgehead atoms. The third-order valence-corrected chi connectivity index (χ3v) is 3.83. The first kappa shape index (κ1) is 13.6. The molecule has 100 valence electrons. The molecule has 1 aliphatic rings. The van der Waals surface area contributed by atoms with Crippen LogP contribution in [-0.2, 0) is 0 Å². The quantitative estimate of drug-likeness (QED) is 0.886. The first-order valence-electron chi connectivity index (χ1n) is 6.40. The molecule has 0 radical (unpaired) electrons. The van der Waals surface area contributed by atoms with E-state index < -0.39 is 0 Å². The number of hydrogen-bond acceptors (Lipinski definition) is 2. The van der Waals surface area contributed by atoms with Crippen LogP contribution in [0.2, 0.25) is 5.02 Å². The van der Waals surface area contributed by atoms with E-state index in [1.807, 2.05) is 12.1 Å². The van der Waals surface area contributed by atoms with Gasteiger partial charge in [-0.1, -0.05) is 24.6 Å². The molecular weight excluding hydrogens is 251 g/mol. The van der Waals surface area contributed by atoms with Gasteiger partial charge >= 0.3 is 0 Å². The summed E-state index contributed by atoms with van der Waals surface area (Å²) in [7, 11) is 0. The van der Waals surface area contributed by atoms with E-state index in [1.165, 1.54) is 0 Å². The zero-order valence-corrected chi connectivity index (χ0v) is 11.9. The lowest BCUT2D eigenvalue weighted by Crippen LogP contribution is -2.61. The Morgan fingerprint density at radius 3 is 2.89 bits per heavy atom. The van der Waals surface area contributed by atoms with Gasteiger partial charge in [0.05, 0.1) is 10.7 Å². The number of nitrogens with one attached hydrogen (secondary N) is 1. The Morgan fingerprint density at radius 2 is 2.22 bits per heavy atom. The number of halogens is 2.